The van der Waals surface area contributed by atoms with E-state index < -0.39 is 10.0 Å². The molecule has 5 heteroatoms. The molecule has 0 radical (unpaired) electrons. The van der Waals surface area contributed by atoms with Crippen molar-refractivity contribution in [2.45, 2.75) is 38.5 Å². The minimum absolute atomic E-state index is 0.0746. The van der Waals surface area contributed by atoms with Crippen molar-refractivity contribution in [1.82, 2.24) is 4.31 Å². The number of benzene rings is 1. The first-order valence-electron chi connectivity index (χ1n) is 6.90. The molecule has 1 aliphatic heterocycles. The molecule has 1 heterocycles. The van der Waals surface area contributed by atoms with Crippen molar-refractivity contribution in [3.8, 4) is 0 Å². The summed E-state index contributed by atoms with van der Waals surface area (Å²) in [7, 11) is -3.49. The summed E-state index contributed by atoms with van der Waals surface area (Å²) >= 11 is 0. The van der Waals surface area contributed by atoms with Crippen molar-refractivity contribution >= 4 is 15.8 Å². The van der Waals surface area contributed by atoms with Crippen LogP contribution in [0.4, 0.5) is 0 Å². The third kappa shape index (κ3) is 2.94. The van der Waals surface area contributed by atoms with E-state index >= 15 is 0 Å². The van der Waals surface area contributed by atoms with Crippen LogP contribution < -0.4 is 0 Å². The maximum Gasteiger partial charge on any atom is 0.243 e. The Morgan fingerprint density at radius 2 is 2.00 bits per heavy atom. The minimum atomic E-state index is -3.49. The van der Waals surface area contributed by atoms with Crippen LogP contribution in [0.2, 0.25) is 0 Å². The molecule has 0 saturated carbocycles. The molecule has 1 atom stereocenters. The van der Waals surface area contributed by atoms with Gasteiger partial charge in [0.1, 0.15) is 5.78 Å². The van der Waals surface area contributed by atoms with Gasteiger partial charge >= 0.3 is 0 Å². The van der Waals surface area contributed by atoms with E-state index in [-0.39, 0.29) is 11.7 Å². The molecule has 1 aliphatic rings. The fourth-order valence-electron chi connectivity index (χ4n) is 2.72. The fraction of sp³-hybridized carbons (Fsp3) is 0.533. The van der Waals surface area contributed by atoms with Crippen molar-refractivity contribution in [2.24, 2.45) is 5.92 Å². The maximum absolute atomic E-state index is 12.7. The van der Waals surface area contributed by atoms with E-state index in [0.29, 0.717) is 18.0 Å². The smallest absolute Gasteiger partial charge is 0.243 e. The van der Waals surface area contributed by atoms with Crippen LogP contribution in [-0.2, 0) is 14.8 Å². The largest absolute Gasteiger partial charge is 0.300 e. The fourth-order valence-corrected chi connectivity index (χ4v) is 4.45. The van der Waals surface area contributed by atoms with Gasteiger partial charge in [0.15, 0.2) is 0 Å². The average Bonchev–Trinajstić information content (AvgIpc) is 2.38. The lowest BCUT2D eigenvalue weighted by Crippen LogP contribution is -2.42. The molecule has 0 amide bonds. The predicted octanol–water partition coefficient (Wildman–Crippen LogP) is 2.29. The number of piperidine rings is 1. The summed E-state index contributed by atoms with van der Waals surface area (Å²) in [5.41, 5.74) is 1.80. The van der Waals surface area contributed by atoms with Gasteiger partial charge in [-0.1, -0.05) is 17.7 Å². The lowest BCUT2D eigenvalue weighted by atomic mass is 9.96. The van der Waals surface area contributed by atoms with E-state index in [1.165, 1.54) is 11.2 Å². The summed E-state index contributed by atoms with van der Waals surface area (Å²) in [6.07, 6.45) is 1.53. The topological polar surface area (TPSA) is 54.5 Å². The number of hydrogen-bond acceptors (Lipinski definition) is 3. The molecule has 1 saturated heterocycles. The van der Waals surface area contributed by atoms with E-state index in [0.717, 1.165) is 24.0 Å². The molecule has 1 aromatic carbocycles. The molecule has 0 spiro atoms. The van der Waals surface area contributed by atoms with Crippen molar-refractivity contribution in [2.75, 3.05) is 13.1 Å². The number of sulfonamides is 1. The van der Waals surface area contributed by atoms with Gasteiger partial charge in [-0.2, -0.15) is 4.31 Å². The Morgan fingerprint density at radius 1 is 1.30 bits per heavy atom. The molecule has 0 aromatic heterocycles. The molecular weight excluding hydrogens is 274 g/mol. The quantitative estimate of drug-likeness (QED) is 0.859. The molecule has 0 aliphatic carbocycles. The lowest BCUT2D eigenvalue weighted by Gasteiger charge is -2.31. The lowest BCUT2D eigenvalue weighted by molar-refractivity contribution is -0.121. The molecule has 110 valence electrons. The number of rotatable bonds is 3. The normalized spacial score (nSPS) is 20.9. The second-order valence-corrected chi connectivity index (χ2v) is 7.49. The van der Waals surface area contributed by atoms with Gasteiger partial charge in [0.25, 0.3) is 0 Å². The molecule has 1 aromatic rings. The van der Waals surface area contributed by atoms with Crippen LogP contribution in [0.5, 0.6) is 0 Å². The summed E-state index contributed by atoms with van der Waals surface area (Å²) in [5.74, 6) is -0.0881. The van der Waals surface area contributed by atoms with E-state index in [2.05, 4.69) is 0 Å². The zero-order chi connectivity index (χ0) is 14.9. The first kappa shape index (κ1) is 15.2. The predicted molar refractivity (Wildman–Crippen MR) is 78.1 cm³/mol. The van der Waals surface area contributed by atoms with Crippen LogP contribution in [0.15, 0.2) is 23.1 Å². The van der Waals surface area contributed by atoms with Gasteiger partial charge < -0.3 is 0 Å². The van der Waals surface area contributed by atoms with Gasteiger partial charge in [-0.05, 0) is 45.2 Å². The Hall–Kier alpha value is -1.20. The average molecular weight is 295 g/mol. The van der Waals surface area contributed by atoms with Crippen LogP contribution in [-0.4, -0.2) is 31.6 Å². The van der Waals surface area contributed by atoms with Gasteiger partial charge in [0, 0.05) is 19.0 Å². The van der Waals surface area contributed by atoms with Gasteiger partial charge in [-0.3, -0.25) is 4.79 Å². The molecule has 4 nitrogen and oxygen atoms in total. The molecule has 1 fully saturated rings. The van der Waals surface area contributed by atoms with Crippen molar-refractivity contribution < 1.29 is 13.2 Å². The number of hydrogen-bond donors (Lipinski definition) is 0. The number of aryl methyl sites for hydroxylation is 2. The first-order valence-corrected chi connectivity index (χ1v) is 8.34. The highest BCUT2D eigenvalue weighted by atomic mass is 32.2. The van der Waals surface area contributed by atoms with Crippen LogP contribution >= 0.6 is 0 Å². The standard InChI is InChI=1S/C15H21NO3S/c1-11-6-7-15(12(2)9-11)20(18,19)16-8-4-5-14(10-16)13(3)17/h6-7,9,14H,4-5,8,10H2,1-3H3. The van der Waals surface area contributed by atoms with Gasteiger partial charge in [-0.15, -0.1) is 0 Å². The number of Topliss-reactive ketones (excluding diaryl/α,β-unsaturated/α-hetero) is 1. The molecular formula is C15H21NO3S. The summed E-state index contributed by atoms with van der Waals surface area (Å²) in [6.45, 7) is 6.10. The number of carbonyl (C=O) groups is 1. The van der Waals surface area contributed by atoms with Crippen molar-refractivity contribution in [3.63, 3.8) is 0 Å². The highest BCUT2D eigenvalue weighted by Gasteiger charge is 2.32. The summed E-state index contributed by atoms with van der Waals surface area (Å²) in [4.78, 5) is 11.9. The van der Waals surface area contributed by atoms with Crippen molar-refractivity contribution in [1.29, 1.82) is 0 Å². The second kappa shape index (κ2) is 5.66. The third-order valence-corrected chi connectivity index (χ3v) is 5.93. The first-order chi connectivity index (χ1) is 9.32. The maximum atomic E-state index is 12.7. The zero-order valence-corrected chi connectivity index (χ0v) is 13.0. The van der Waals surface area contributed by atoms with Gasteiger partial charge in [0.05, 0.1) is 4.90 Å². The Morgan fingerprint density at radius 3 is 2.60 bits per heavy atom. The van der Waals surface area contributed by atoms with Crippen LogP contribution in [0.1, 0.15) is 30.9 Å². The van der Waals surface area contributed by atoms with Crippen LogP contribution in [0, 0.1) is 19.8 Å². The van der Waals surface area contributed by atoms with Crippen molar-refractivity contribution in [3.05, 3.63) is 29.3 Å². The Labute approximate surface area is 120 Å². The Kier molecular flexibility index (Phi) is 4.30. The summed E-state index contributed by atoms with van der Waals surface area (Å²) in [6, 6.07) is 5.35. The molecule has 0 bridgehead atoms. The zero-order valence-electron chi connectivity index (χ0n) is 12.2. The van der Waals surface area contributed by atoms with E-state index in [4.69, 9.17) is 0 Å². The van der Waals surface area contributed by atoms with Gasteiger partial charge in [-0.25, -0.2) is 8.42 Å². The number of nitrogens with zero attached hydrogens (tertiary/aromatic N) is 1. The van der Waals surface area contributed by atoms with Crippen LogP contribution in [0.25, 0.3) is 0 Å². The summed E-state index contributed by atoms with van der Waals surface area (Å²) < 4.78 is 26.9. The molecule has 20 heavy (non-hydrogen) atoms. The Balaban J connectivity index is 2.32. The highest BCUT2D eigenvalue weighted by molar-refractivity contribution is 7.89. The van der Waals surface area contributed by atoms with Gasteiger partial charge in [0.2, 0.25) is 10.0 Å². The second-order valence-electron chi connectivity index (χ2n) is 5.58. The molecule has 2 rings (SSSR count). The Bertz CT molecular complexity index is 622. The van der Waals surface area contributed by atoms with E-state index in [1.807, 2.05) is 26.0 Å². The summed E-state index contributed by atoms with van der Waals surface area (Å²) in [5, 5.41) is 0. The van der Waals surface area contributed by atoms with E-state index in [1.54, 1.807) is 6.07 Å². The third-order valence-electron chi connectivity index (χ3n) is 3.91. The number of ketones is 1. The highest BCUT2D eigenvalue weighted by Crippen LogP contribution is 2.26. The SMILES string of the molecule is CC(=O)C1CCCN(S(=O)(=O)c2ccc(C)cc2C)C1. The minimum Gasteiger partial charge on any atom is -0.300 e. The molecule has 0 N–H and O–H groups in total. The molecule has 1 unspecified atom stereocenters. The van der Waals surface area contributed by atoms with Crippen LogP contribution in [0.3, 0.4) is 0 Å². The number of carbonyl (C=O) groups excluding carboxylic acids is 1. The van der Waals surface area contributed by atoms with E-state index in [9.17, 15) is 13.2 Å². The monoisotopic (exact) mass is 295 g/mol.